The van der Waals surface area contributed by atoms with Gasteiger partial charge in [-0.05, 0) is 0 Å². The van der Waals surface area contributed by atoms with E-state index >= 15 is 0 Å². The van der Waals surface area contributed by atoms with Crippen molar-refractivity contribution in [2.75, 3.05) is 17.7 Å². The van der Waals surface area contributed by atoms with Gasteiger partial charge in [0.05, 0.1) is 17.6 Å². The predicted octanol–water partition coefficient (Wildman–Crippen LogP) is -1.15. The molecule has 0 aromatic carbocycles. The maximum absolute atomic E-state index is 10.9. The molecule has 1 aromatic rings. The van der Waals surface area contributed by atoms with Crippen LogP contribution in [0.3, 0.4) is 0 Å². The van der Waals surface area contributed by atoms with Crippen molar-refractivity contribution in [3.63, 3.8) is 0 Å². The molecule has 0 saturated carbocycles. The highest BCUT2D eigenvalue weighted by molar-refractivity contribution is 5.67. The Labute approximate surface area is 107 Å². The molecule has 19 heavy (non-hydrogen) atoms. The van der Waals surface area contributed by atoms with Crippen molar-refractivity contribution >= 4 is 17.3 Å². The smallest absolute Gasteiger partial charge is 0.353 e. The molecule has 10 nitrogen and oxygen atoms in total. The number of ether oxygens (including phenoxy) is 1. The van der Waals surface area contributed by atoms with E-state index < -0.39 is 29.0 Å². The van der Waals surface area contributed by atoms with Crippen molar-refractivity contribution in [3.8, 4) is 0 Å². The molecule has 1 aliphatic rings. The number of rotatable bonds is 4. The summed E-state index contributed by atoms with van der Waals surface area (Å²) < 4.78 is 5.27. The first-order chi connectivity index (χ1) is 9.02. The van der Waals surface area contributed by atoms with Gasteiger partial charge in [0.2, 0.25) is 11.6 Å². The zero-order chi connectivity index (χ0) is 14.0. The zero-order valence-corrected chi connectivity index (χ0v) is 9.76. The molecule has 0 amide bonds. The van der Waals surface area contributed by atoms with Gasteiger partial charge in [0, 0.05) is 6.42 Å². The van der Waals surface area contributed by atoms with Crippen LogP contribution in [0.15, 0.2) is 6.33 Å². The largest absolute Gasteiger partial charge is 0.394 e. The number of hydrogen-bond donors (Lipinski definition) is 4. The van der Waals surface area contributed by atoms with Gasteiger partial charge in [0.15, 0.2) is 0 Å². The van der Waals surface area contributed by atoms with Gasteiger partial charge < -0.3 is 26.0 Å². The van der Waals surface area contributed by atoms with Gasteiger partial charge in [-0.2, -0.15) is 0 Å². The van der Waals surface area contributed by atoms with E-state index in [1.54, 1.807) is 0 Å². The van der Waals surface area contributed by atoms with Crippen LogP contribution in [0.5, 0.6) is 0 Å². The number of aromatic nitrogens is 2. The van der Waals surface area contributed by atoms with Crippen LogP contribution < -0.4 is 11.1 Å². The van der Waals surface area contributed by atoms with E-state index in [1.807, 2.05) is 0 Å². The molecule has 0 spiro atoms. The number of aliphatic hydroxyl groups excluding tert-OH is 2. The van der Waals surface area contributed by atoms with Crippen LogP contribution in [0.1, 0.15) is 6.42 Å². The average Bonchev–Trinajstić information content (AvgIpc) is 2.69. The van der Waals surface area contributed by atoms with Crippen LogP contribution in [-0.2, 0) is 4.74 Å². The number of nitrogen functional groups attached to an aromatic ring is 1. The number of nitrogens with one attached hydrogen (secondary N) is 1. The lowest BCUT2D eigenvalue weighted by atomic mass is 10.2. The minimum atomic E-state index is -0.847. The molecule has 5 N–H and O–H groups in total. The second-order valence-corrected chi connectivity index (χ2v) is 4.01. The highest BCUT2D eigenvalue weighted by Crippen LogP contribution is 2.29. The van der Waals surface area contributed by atoms with Crippen LogP contribution in [0.4, 0.5) is 17.3 Å². The van der Waals surface area contributed by atoms with E-state index in [9.17, 15) is 15.2 Å². The number of anilines is 2. The highest BCUT2D eigenvalue weighted by Gasteiger charge is 2.35. The third-order valence-electron chi connectivity index (χ3n) is 2.73. The summed E-state index contributed by atoms with van der Waals surface area (Å²) in [5, 5.41) is 32.0. The lowest BCUT2D eigenvalue weighted by molar-refractivity contribution is -0.383. The summed E-state index contributed by atoms with van der Waals surface area (Å²) in [7, 11) is 0. The Bertz CT molecular complexity index is 484. The van der Waals surface area contributed by atoms with Gasteiger partial charge in [-0.25, -0.2) is 9.97 Å². The number of nitro groups is 1. The van der Waals surface area contributed by atoms with Crippen molar-refractivity contribution in [3.05, 3.63) is 16.4 Å². The summed E-state index contributed by atoms with van der Waals surface area (Å²) in [5.74, 6) is -0.354. The molecular formula is C9H13N5O5. The van der Waals surface area contributed by atoms with Crippen LogP contribution in [0.2, 0.25) is 0 Å². The normalized spacial score (nSPS) is 26.3. The number of nitrogens with zero attached hydrogens (tertiary/aromatic N) is 3. The number of aliphatic hydroxyl groups is 2. The summed E-state index contributed by atoms with van der Waals surface area (Å²) in [5.41, 5.74) is 4.96. The van der Waals surface area contributed by atoms with Gasteiger partial charge >= 0.3 is 5.69 Å². The quantitative estimate of drug-likeness (QED) is 0.392. The number of hydrogen-bond acceptors (Lipinski definition) is 9. The third kappa shape index (κ3) is 2.70. The van der Waals surface area contributed by atoms with Gasteiger partial charge in [-0.15, -0.1) is 0 Å². The zero-order valence-electron chi connectivity index (χ0n) is 9.76. The molecule has 0 bridgehead atoms. The third-order valence-corrected chi connectivity index (χ3v) is 2.73. The van der Waals surface area contributed by atoms with Gasteiger partial charge in [-0.3, -0.25) is 10.1 Å². The predicted molar refractivity (Wildman–Crippen MR) is 63.1 cm³/mol. The van der Waals surface area contributed by atoms with Gasteiger partial charge in [0.1, 0.15) is 18.7 Å². The Hall–Kier alpha value is -2.04. The van der Waals surface area contributed by atoms with Crippen molar-refractivity contribution in [2.24, 2.45) is 0 Å². The lowest BCUT2D eigenvalue weighted by Crippen LogP contribution is -2.25. The lowest BCUT2D eigenvalue weighted by Gasteiger charge is -2.14. The van der Waals surface area contributed by atoms with E-state index in [-0.39, 0.29) is 24.7 Å². The Morgan fingerprint density at radius 1 is 1.63 bits per heavy atom. The first kappa shape index (κ1) is 13.4. The molecular weight excluding hydrogens is 258 g/mol. The monoisotopic (exact) mass is 271 g/mol. The Balaban J connectivity index is 2.16. The fraction of sp³-hybridized carbons (Fsp3) is 0.556. The minimum Gasteiger partial charge on any atom is -0.394 e. The molecule has 104 valence electrons. The summed E-state index contributed by atoms with van der Waals surface area (Å²) in [6.07, 6.45) is -1.01. The summed E-state index contributed by atoms with van der Waals surface area (Å²) in [6.45, 7) is -0.340. The first-order valence-corrected chi connectivity index (χ1v) is 5.48. The van der Waals surface area contributed by atoms with Crippen LogP contribution >= 0.6 is 0 Å². The molecule has 2 heterocycles. The molecule has 0 aliphatic carbocycles. The fourth-order valence-electron chi connectivity index (χ4n) is 1.82. The van der Waals surface area contributed by atoms with Crippen LogP contribution in [-0.4, -0.2) is 50.1 Å². The fourth-order valence-corrected chi connectivity index (χ4v) is 1.82. The molecule has 1 saturated heterocycles. The van der Waals surface area contributed by atoms with E-state index in [0.29, 0.717) is 0 Å². The molecule has 10 heteroatoms. The second-order valence-electron chi connectivity index (χ2n) is 4.01. The SMILES string of the molecule is Nc1ncnc(N[C@H]2C[C@H](O)[C@@H](CO)O2)c1[N+](=O)[O-]. The molecule has 0 unspecified atom stereocenters. The van der Waals surface area contributed by atoms with E-state index in [0.717, 1.165) is 6.33 Å². The topological polar surface area (TPSA) is 157 Å². The van der Waals surface area contributed by atoms with Crippen molar-refractivity contribution in [1.29, 1.82) is 0 Å². The van der Waals surface area contributed by atoms with E-state index in [1.165, 1.54) is 0 Å². The van der Waals surface area contributed by atoms with Gasteiger partial charge in [-0.1, -0.05) is 0 Å². The average molecular weight is 271 g/mol. The molecule has 2 rings (SSSR count). The van der Waals surface area contributed by atoms with Crippen molar-refractivity contribution < 1.29 is 19.9 Å². The van der Waals surface area contributed by atoms with Crippen molar-refractivity contribution in [2.45, 2.75) is 24.9 Å². The molecule has 1 fully saturated rings. The van der Waals surface area contributed by atoms with Crippen LogP contribution in [0.25, 0.3) is 0 Å². The van der Waals surface area contributed by atoms with Gasteiger partial charge in [0.25, 0.3) is 0 Å². The summed E-state index contributed by atoms with van der Waals surface area (Å²) >= 11 is 0. The minimum absolute atomic E-state index is 0.0895. The number of nitrogens with two attached hydrogens (primary N) is 1. The van der Waals surface area contributed by atoms with E-state index in [4.69, 9.17) is 15.6 Å². The first-order valence-electron chi connectivity index (χ1n) is 5.48. The maximum atomic E-state index is 10.9. The maximum Gasteiger partial charge on any atom is 0.353 e. The molecule has 1 aromatic heterocycles. The molecule has 1 aliphatic heterocycles. The summed E-state index contributed by atoms with van der Waals surface area (Å²) in [6, 6.07) is 0. The Morgan fingerprint density at radius 3 is 2.95 bits per heavy atom. The second kappa shape index (κ2) is 5.30. The van der Waals surface area contributed by atoms with E-state index in [2.05, 4.69) is 15.3 Å². The highest BCUT2D eigenvalue weighted by atomic mass is 16.6. The summed E-state index contributed by atoms with van der Waals surface area (Å²) in [4.78, 5) is 17.4. The molecule has 0 radical (unpaired) electrons. The standard InChI is InChI=1S/C9H13N5O5/c10-8-7(14(17)18)9(12-3-11-8)13-6-1-4(16)5(2-15)19-6/h3-6,15-16H,1-2H2,(H3,10,11,12,13)/t4-,5+,6+/m0/s1. The Morgan fingerprint density at radius 2 is 2.37 bits per heavy atom. The van der Waals surface area contributed by atoms with Crippen molar-refractivity contribution in [1.82, 2.24) is 9.97 Å². The molecule has 3 atom stereocenters. The Kier molecular flexibility index (Phi) is 3.74. The van der Waals surface area contributed by atoms with Crippen LogP contribution in [0, 0.1) is 10.1 Å².